The number of nitrogens with two attached hydrogens (primary N) is 2. The van der Waals surface area contributed by atoms with Crippen LogP contribution in [0.15, 0.2) is 54.0 Å². The zero-order chi connectivity index (χ0) is 20.2. The molecule has 0 aliphatic carbocycles. The number of nitrogens with one attached hydrogen (secondary N) is 1. The van der Waals surface area contributed by atoms with Gasteiger partial charge in [0.05, 0.1) is 5.02 Å². The van der Waals surface area contributed by atoms with Gasteiger partial charge in [-0.3, -0.25) is 5.84 Å². The van der Waals surface area contributed by atoms with E-state index in [0.29, 0.717) is 11.1 Å². The van der Waals surface area contributed by atoms with E-state index in [0.717, 1.165) is 12.1 Å². The Hall–Kier alpha value is -3.11. The van der Waals surface area contributed by atoms with E-state index in [9.17, 15) is 18.0 Å². The average Bonchev–Trinajstić information content (AvgIpc) is 2.55. The fourth-order valence-corrected chi connectivity index (χ4v) is 2.33. The van der Waals surface area contributed by atoms with Crippen LogP contribution in [0, 0.1) is 0 Å². The lowest BCUT2D eigenvalue weighted by Gasteiger charge is -2.12. The third kappa shape index (κ3) is 5.43. The Morgan fingerprint density at radius 1 is 1.11 bits per heavy atom. The van der Waals surface area contributed by atoms with Crippen LogP contribution in [-0.4, -0.2) is 17.4 Å². The number of hydrazine groups is 1. The molecule has 0 spiro atoms. The van der Waals surface area contributed by atoms with Crippen molar-refractivity contribution in [3.8, 4) is 22.6 Å². The molecule has 0 saturated heterocycles. The Bertz CT molecular complexity index is 870. The van der Waals surface area contributed by atoms with Crippen molar-refractivity contribution in [3.63, 3.8) is 0 Å². The molecule has 0 bridgehead atoms. The standard InChI is InChI=1S/C16H13ClF3N3O4/c17-12-7-10(26-14(21)13(23-22)15(24)25)5-6-11(12)8-1-3-9(4-2-8)27-16(18,19)20/h1-7,23H,21-22H2,(H,24,25)/b14-13+. The van der Waals surface area contributed by atoms with Crippen LogP contribution in [0.2, 0.25) is 5.02 Å². The second-order valence-electron chi connectivity index (χ2n) is 5.00. The van der Waals surface area contributed by atoms with Gasteiger partial charge in [-0.15, -0.1) is 13.2 Å². The molecular weight excluding hydrogens is 391 g/mol. The minimum atomic E-state index is -4.78. The van der Waals surface area contributed by atoms with Gasteiger partial charge in [0.15, 0.2) is 5.70 Å². The number of hydrogen-bond donors (Lipinski definition) is 4. The molecule has 0 saturated carbocycles. The first kappa shape index (κ1) is 20.2. The first-order valence-corrected chi connectivity index (χ1v) is 7.51. The number of carboxylic acids is 1. The van der Waals surface area contributed by atoms with Crippen molar-refractivity contribution in [1.29, 1.82) is 0 Å². The molecule has 0 fully saturated rings. The summed E-state index contributed by atoms with van der Waals surface area (Å²) in [5.41, 5.74) is 7.89. The second-order valence-corrected chi connectivity index (χ2v) is 5.41. The second kappa shape index (κ2) is 8.06. The van der Waals surface area contributed by atoms with E-state index >= 15 is 0 Å². The zero-order valence-electron chi connectivity index (χ0n) is 13.4. The van der Waals surface area contributed by atoms with Gasteiger partial charge >= 0.3 is 12.3 Å². The summed E-state index contributed by atoms with van der Waals surface area (Å²) < 4.78 is 45.6. The molecule has 0 unspecified atom stereocenters. The molecule has 0 amide bonds. The highest BCUT2D eigenvalue weighted by molar-refractivity contribution is 6.33. The minimum absolute atomic E-state index is 0.132. The largest absolute Gasteiger partial charge is 0.573 e. The lowest BCUT2D eigenvalue weighted by Crippen LogP contribution is -2.31. The quantitative estimate of drug-likeness (QED) is 0.253. The van der Waals surface area contributed by atoms with Gasteiger partial charge in [0, 0.05) is 11.6 Å². The monoisotopic (exact) mass is 403 g/mol. The van der Waals surface area contributed by atoms with E-state index in [-0.39, 0.29) is 16.5 Å². The topological polar surface area (TPSA) is 120 Å². The Morgan fingerprint density at radius 3 is 2.19 bits per heavy atom. The summed E-state index contributed by atoms with van der Waals surface area (Å²) in [6, 6.07) is 9.44. The first-order chi connectivity index (χ1) is 12.6. The van der Waals surface area contributed by atoms with Gasteiger partial charge < -0.3 is 25.7 Å². The molecule has 11 heteroatoms. The van der Waals surface area contributed by atoms with Crippen LogP contribution in [0.4, 0.5) is 13.2 Å². The normalized spacial score (nSPS) is 12.2. The summed E-state index contributed by atoms with van der Waals surface area (Å²) in [6.07, 6.45) is -4.78. The molecule has 0 radical (unpaired) electrons. The maximum atomic E-state index is 12.2. The summed E-state index contributed by atoms with van der Waals surface area (Å²) in [5.74, 6) is 2.92. The van der Waals surface area contributed by atoms with Crippen LogP contribution in [0.1, 0.15) is 0 Å². The number of alkyl halides is 3. The molecule has 0 heterocycles. The maximum Gasteiger partial charge on any atom is 0.573 e. The van der Waals surface area contributed by atoms with Crippen molar-refractivity contribution in [2.45, 2.75) is 6.36 Å². The fourth-order valence-electron chi connectivity index (χ4n) is 2.05. The molecule has 27 heavy (non-hydrogen) atoms. The van der Waals surface area contributed by atoms with Gasteiger partial charge in [-0.25, -0.2) is 4.79 Å². The summed E-state index contributed by atoms with van der Waals surface area (Å²) in [7, 11) is 0. The van der Waals surface area contributed by atoms with Gasteiger partial charge in [-0.2, -0.15) is 0 Å². The molecule has 2 aromatic rings. The van der Waals surface area contributed by atoms with Crippen molar-refractivity contribution < 1.29 is 32.5 Å². The number of rotatable bonds is 6. The lowest BCUT2D eigenvalue weighted by atomic mass is 10.1. The van der Waals surface area contributed by atoms with Gasteiger partial charge in [0.2, 0.25) is 5.88 Å². The van der Waals surface area contributed by atoms with Gasteiger partial charge in [0.1, 0.15) is 11.5 Å². The maximum absolute atomic E-state index is 12.2. The fraction of sp³-hybridized carbons (Fsp3) is 0.0625. The van der Waals surface area contributed by atoms with E-state index in [1.54, 1.807) is 0 Å². The Kier molecular flexibility index (Phi) is 6.03. The van der Waals surface area contributed by atoms with E-state index in [1.165, 1.54) is 30.3 Å². The summed E-state index contributed by atoms with van der Waals surface area (Å²) >= 11 is 6.16. The van der Waals surface area contributed by atoms with Crippen LogP contribution in [0.5, 0.6) is 11.5 Å². The van der Waals surface area contributed by atoms with Crippen molar-refractivity contribution in [1.82, 2.24) is 5.43 Å². The number of halogens is 4. The summed E-state index contributed by atoms with van der Waals surface area (Å²) in [4.78, 5) is 10.9. The number of hydrogen-bond acceptors (Lipinski definition) is 6. The molecular formula is C16H13ClF3N3O4. The van der Waals surface area contributed by atoms with E-state index < -0.39 is 23.9 Å². The first-order valence-electron chi connectivity index (χ1n) is 7.14. The predicted octanol–water partition coefficient (Wildman–Crippen LogP) is 2.96. The number of benzene rings is 2. The molecule has 7 nitrogen and oxygen atoms in total. The third-order valence-electron chi connectivity index (χ3n) is 3.17. The van der Waals surface area contributed by atoms with E-state index in [2.05, 4.69) is 4.74 Å². The smallest absolute Gasteiger partial charge is 0.476 e. The highest BCUT2D eigenvalue weighted by atomic mass is 35.5. The SMILES string of the molecule is NN/C(C(=O)O)=C(\N)Oc1ccc(-c2ccc(OC(F)(F)F)cc2)c(Cl)c1. The third-order valence-corrected chi connectivity index (χ3v) is 3.48. The van der Waals surface area contributed by atoms with E-state index in [4.69, 9.17) is 33.0 Å². The molecule has 2 aromatic carbocycles. The highest BCUT2D eigenvalue weighted by Crippen LogP contribution is 2.33. The summed E-state index contributed by atoms with van der Waals surface area (Å²) in [6.45, 7) is 0. The van der Waals surface area contributed by atoms with Gasteiger partial charge in [-0.1, -0.05) is 23.7 Å². The highest BCUT2D eigenvalue weighted by Gasteiger charge is 2.31. The van der Waals surface area contributed by atoms with Crippen LogP contribution < -0.4 is 26.5 Å². The van der Waals surface area contributed by atoms with Crippen molar-refractivity contribution >= 4 is 17.6 Å². The van der Waals surface area contributed by atoms with Crippen molar-refractivity contribution in [3.05, 3.63) is 59.1 Å². The molecule has 0 aromatic heterocycles. The molecule has 6 N–H and O–H groups in total. The Balaban J connectivity index is 2.23. The number of carboxylic acid groups (broad SMARTS) is 1. The van der Waals surface area contributed by atoms with E-state index in [1.807, 2.05) is 5.43 Å². The molecule has 0 aliphatic rings. The zero-order valence-corrected chi connectivity index (χ0v) is 14.1. The van der Waals surface area contributed by atoms with Gasteiger partial charge in [-0.05, 0) is 29.8 Å². The van der Waals surface area contributed by atoms with Crippen LogP contribution in [0.3, 0.4) is 0 Å². The number of ether oxygens (including phenoxy) is 2. The molecule has 144 valence electrons. The lowest BCUT2D eigenvalue weighted by molar-refractivity contribution is -0.274. The van der Waals surface area contributed by atoms with Crippen LogP contribution in [-0.2, 0) is 4.79 Å². The summed E-state index contributed by atoms with van der Waals surface area (Å²) in [5, 5.41) is 9.09. The number of aliphatic carboxylic acids is 1. The Labute approximate surface area is 155 Å². The number of carbonyl (C=O) groups is 1. The van der Waals surface area contributed by atoms with Crippen molar-refractivity contribution in [2.75, 3.05) is 0 Å². The molecule has 0 aliphatic heterocycles. The predicted molar refractivity (Wildman–Crippen MR) is 90.4 cm³/mol. The van der Waals surface area contributed by atoms with Gasteiger partial charge in [0.25, 0.3) is 0 Å². The van der Waals surface area contributed by atoms with Crippen molar-refractivity contribution in [2.24, 2.45) is 11.6 Å². The average molecular weight is 404 g/mol. The Morgan fingerprint density at radius 2 is 1.70 bits per heavy atom. The van der Waals surface area contributed by atoms with Crippen LogP contribution >= 0.6 is 11.6 Å². The molecule has 0 atom stereocenters. The van der Waals surface area contributed by atoms with Crippen LogP contribution in [0.25, 0.3) is 11.1 Å². The minimum Gasteiger partial charge on any atom is -0.476 e. The molecule has 2 rings (SSSR count).